The molecule has 0 unspecified atom stereocenters. The normalized spacial score (nSPS) is 18.2. The molecular weight excluding hydrogens is 170 g/mol. The van der Waals surface area contributed by atoms with E-state index in [1.807, 2.05) is 12.3 Å². The minimum Gasteiger partial charge on any atom is -0.380 e. The van der Waals surface area contributed by atoms with Crippen LogP contribution in [0.1, 0.15) is 17.5 Å². The van der Waals surface area contributed by atoms with Gasteiger partial charge in [0, 0.05) is 13.3 Å². The quantitative estimate of drug-likeness (QED) is 0.765. The van der Waals surface area contributed by atoms with E-state index in [4.69, 9.17) is 14.2 Å². The number of hydrogen-bond donors (Lipinski definition) is 1. The van der Waals surface area contributed by atoms with Gasteiger partial charge >= 0.3 is 0 Å². The molecule has 4 nitrogen and oxygen atoms in total. The van der Waals surface area contributed by atoms with Crippen LogP contribution in [0.2, 0.25) is 0 Å². The van der Waals surface area contributed by atoms with Gasteiger partial charge in [0.1, 0.15) is 0 Å². The number of rotatable bonds is 3. The molecule has 0 atom stereocenters. The van der Waals surface area contributed by atoms with E-state index in [0.717, 1.165) is 11.3 Å². The summed E-state index contributed by atoms with van der Waals surface area (Å²) in [4.78, 5) is 3.10. The first-order valence-electron chi connectivity index (χ1n) is 4.29. The van der Waals surface area contributed by atoms with Gasteiger partial charge in [-0.1, -0.05) is 0 Å². The molecular formula is C9H13NO3. The van der Waals surface area contributed by atoms with Crippen LogP contribution < -0.4 is 0 Å². The van der Waals surface area contributed by atoms with Gasteiger partial charge < -0.3 is 19.2 Å². The van der Waals surface area contributed by atoms with Gasteiger partial charge in [0.05, 0.1) is 25.5 Å². The van der Waals surface area contributed by atoms with E-state index >= 15 is 0 Å². The van der Waals surface area contributed by atoms with Crippen molar-refractivity contribution in [3.63, 3.8) is 0 Å². The van der Waals surface area contributed by atoms with E-state index in [1.54, 1.807) is 7.11 Å². The fourth-order valence-electron chi connectivity index (χ4n) is 1.38. The Morgan fingerprint density at radius 1 is 1.54 bits per heavy atom. The zero-order valence-electron chi connectivity index (χ0n) is 7.58. The third-order valence-electron chi connectivity index (χ3n) is 1.95. The number of hydrogen-bond acceptors (Lipinski definition) is 3. The van der Waals surface area contributed by atoms with E-state index in [1.165, 1.54) is 0 Å². The van der Waals surface area contributed by atoms with E-state index in [9.17, 15) is 0 Å². The number of nitrogens with one attached hydrogen (secondary N) is 1. The summed E-state index contributed by atoms with van der Waals surface area (Å²) in [5.74, 6) is 0. The van der Waals surface area contributed by atoms with Gasteiger partial charge in [-0.2, -0.15) is 0 Å². The minimum atomic E-state index is -0.217. The standard InChI is InChI=1S/C9H13NO3/c1-11-6-7-4-8(10-5-7)9-12-2-3-13-9/h4-5,9-10H,2-3,6H2,1H3. The van der Waals surface area contributed by atoms with E-state index < -0.39 is 0 Å². The molecule has 72 valence electrons. The Balaban J connectivity index is 2.03. The first-order chi connectivity index (χ1) is 6.40. The van der Waals surface area contributed by atoms with Gasteiger partial charge in [0.2, 0.25) is 0 Å². The SMILES string of the molecule is COCc1c[nH]c(C2OCCO2)c1. The highest BCUT2D eigenvalue weighted by Gasteiger charge is 2.19. The van der Waals surface area contributed by atoms with Crippen molar-refractivity contribution in [2.75, 3.05) is 20.3 Å². The molecule has 0 amide bonds. The zero-order valence-corrected chi connectivity index (χ0v) is 7.58. The molecule has 0 bridgehead atoms. The number of methoxy groups -OCH3 is 1. The zero-order chi connectivity index (χ0) is 9.10. The van der Waals surface area contributed by atoms with E-state index in [0.29, 0.717) is 19.8 Å². The van der Waals surface area contributed by atoms with Gasteiger partial charge in [-0.25, -0.2) is 0 Å². The maximum atomic E-state index is 5.34. The molecule has 0 aliphatic carbocycles. The van der Waals surface area contributed by atoms with Crippen molar-refractivity contribution in [1.82, 2.24) is 4.98 Å². The van der Waals surface area contributed by atoms with Crippen molar-refractivity contribution in [2.45, 2.75) is 12.9 Å². The molecule has 0 saturated carbocycles. The molecule has 2 rings (SSSR count). The monoisotopic (exact) mass is 183 g/mol. The van der Waals surface area contributed by atoms with Crippen molar-refractivity contribution in [3.8, 4) is 0 Å². The molecule has 13 heavy (non-hydrogen) atoms. The molecule has 2 heterocycles. The second kappa shape index (κ2) is 3.91. The fourth-order valence-corrected chi connectivity index (χ4v) is 1.38. The van der Waals surface area contributed by atoms with Gasteiger partial charge in [-0.05, 0) is 11.6 Å². The maximum absolute atomic E-state index is 5.34. The summed E-state index contributed by atoms with van der Waals surface area (Å²) in [7, 11) is 1.68. The lowest BCUT2D eigenvalue weighted by atomic mass is 10.3. The average molecular weight is 183 g/mol. The molecule has 1 fully saturated rings. The summed E-state index contributed by atoms with van der Waals surface area (Å²) in [6.07, 6.45) is 1.69. The highest BCUT2D eigenvalue weighted by molar-refractivity contribution is 5.17. The minimum absolute atomic E-state index is 0.217. The molecule has 4 heteroatoms. The summed E-state index contributed by atoms with van der Waals surface area (Å²) in [5.41, 5.74) is 2.07. The molecule has 1 N–H and O–H groups in total. The Bertz CT molecular complexity index is 266. The third kappa shape index (κ3) is 1.91. The summed E-state index contributed by atoms with van der Waals surface area (Å²) in [6, 6.07) is 2.00. The first-order valence-corrected chi connectivity index (χ1v) is 4.29. The van der Waals surface area contributed by atoms with E-state index in [-0.39, 0.29) is 6.29 Å². The molecule has 1 aliphatic rings. The fraction of sp³-hybridized carbons (Fsp3) is 0.556. The largest absolute Gasteiger partial charge is 0.380 e. The van der Waals surface area contributed by atoms with Gasteiger partial charge in [0.25, 0.3) is 0 Å². The highest BCUT2D eigenvalue weighted by Crippen LogP contribution is 2.22. The van der Waals surface area contributed by atoms with Crippen LogP contribution in [0.15, 0.2) is 12.3 Å². The molecule has 1 aromatic rings. The predicted octanol–water partition coefficient (Wildman–Crippen LogP) is 1.21. The van der Waals surface area contributed by atoms with Crippen molar-refractivity contribution < 1.29 is 14.2 Å². The first kappa shape index (κ1) is 8.74. The van der Waals surface area contributed by atoms with Crippen LogP contribution in [0.5, 0.6) is 0 Å². The highest BCUT2D eigenvalue weighted by atomic mass is 16.7. The lowest BCUT2D eigenvalue weighted by Crippen LogP contribution is -1.97. The van der Waals surface area contributed by atoms with Crippen LogP contribution in [0.3, 0.4) is 0 Å². The second-order valence-corrected chi connectivity index (χ2v) is 2.97. The van der Waals surface area contributed by atoms with Crippen LogP contribution in [-0.2, 0) is 20.8 Å². The maximum Gasteiger partial charge on any atom is 0.199 e. The van der Waals surface area contributed by atoms with Crippen molar-refractivity contribution >= 4 is 0 Å². The predicted molar refractivity (Wildman–Crippen MR) is 46.2 cm³/mol. The number of H-pyrrole nitrogens is 1. The Morgan fingerprint density at radius 3 is 3.00 bits per heavy atom. The average Bonchev–Trinajstić information content (AvgIpc) is 2.70. The van der Waals surface area contributed by atoms with Gasteiger partial charge in [-0.3, -0.25) is 0 Å². The van der Waals surface area contributed by atoms with Crippen LogP contribution >= 0.6 is 0 Å². The molecule has 0 aromatic carbocycles. The molecule has 1 aliphatic heterocycles. The Kier molecular flexibility index (Phi) is 2.63. The van der Waals surface area contributed by atoms with E-state index in [2.05, 4.69) is 4.98 Å². The van der Waals surface area contributed by atoms with Gasteiger partial charge in [-0.15, -0.1) is 0 Å². The lowest BCUT2D eigenvalue weighted by Gasteiger charge is -2.04. The van der Waals surface area contributed by atoms with Crippen molar-refractivity contribution in [2.24, 2.45) is 0 Å². The molecule has 0 spiro atoms. The topological polar surface area (TPSA) is 43.5 Å². The van der Waals surface area contributed by atoms with Gasteiger partial charge in [0.15, 0.2) is 6.29 Å². The molecule has 1 aromatic heterocycles. The third-order valence-corrected chi connectivity index (χ3v) is 1.95. The van der Waals surface area contributed by atoms with Crippen LogP contribution in [0, 0.1) is 0 Å². The number of aromatic amines is 1. The van der Waals surface area contributed by atoms with Crippen molar-refractivity contribution in [1.29, 1.82) is 0 Å². The van der Waals surface area contributed by atoms with Crippen LogP contribution in [0.25, 0.3) is 0 Å². The Morgan fingerprint density at radius 2 is 2.31 bits per heavy atom. The molecule has 1 saturated heterocycles. The van der Waals surface area contributed by atoms with Crippen LogP contribution in [0.4, 0.5) is 0 Å². The smallest absolute Gasteiger partial charge is 0.199 e. The van der Waals surface area contributed by atoms with Crippen molar-refractivity contribution in [3.05, 3.63) is 23.5 Å². The Labute approximate surface area is 76.8 Å². The lowest BCUT2D eigenvalue weighted by molar-refractivity contribution is -0.0469. The number of ether oxygens (including phenoxy) is 3. The summed E-state index contributed by atoms with van der Waals surface area (Å²) in [6.45, 7) is 1.95. The number of aromatic nitrogens is 1. The summed E-state index contributed by atoms with van der Waals surface area (Å²) >= 11 is 0. The Hall–Kier alpha value is -0.840. The summed E-state index contributed by atoms with van der Waals surface area (Å²) in [5, 5.41) is 0. The van der Waals surface area contributed by atoms with Crippen LogP contribution in [-0.4, -0.2) is 25.3 Å². The second-order valence-electron chi connectivity index (χ2n) is 2.97. The molecule has 0 radical (unpaired) electrons. The summed E-state index contributed by atoms with van der Waals surface area (Å²) < 4.78 is 15.7.